The lowest BCUT2D eigenvalue weighted by molar-refractivity contribution is -0.123. The monoisotopic (exact) mass is 286 g/mol. The zero-order valence-electron chi connectivity index (χ0n) is 13.9. The summed E-state index contributed by atoms with van der Waals surface area (Å²) >= 11 is 0. The average Bonchev–Trinajstić information content (AvgIpc) is 2.21. The zero-order valence-corrected chi connectivity index (χ0v) is 13.9. The van der Waals surface area contributed by atoms with Crippen LogP contribution in [0.1, 0.15) is 54.9 Å². The van der Waals surface area contributed by atoms with Crippen LogP contribution in [-0.2, 0) is 9.53 Å². The van der Waals surface area contributed by atoms with Crippen LogP contribution in [0.15, 0.2) is 0 Å². The van der Waals surface area contributed by atoms with Crippen LogP contribution in [0.4, 0.5) is 4.79 Å². The molecule has 0 aliphatic carbocycles. The van der Waals surface area contributed by atoms with Crippen LogP contribution in [-0.4, -0.2) is 30.2 Å². The second-order valence-electron chi connectivity index (χ2n) is 6.97. The number of ether oxygens (including phenoxy) is 1. The fourth-order valence-corrected chi connectivity index (χ4v) is 1.58. The Morgan fingerprint density at radius 1 is 1.05 bits per heavy atom. The minimum Gasteiger partial charge on any atom is -0.444 e. The van der Waals surface area contributed by atoms with Crippen LogP contribution in [0, 0.1) is 11.8 Å². The fourth-order valence-electron chi connectivity index (χ4n) is 1.58. The van der Waals surface area contributed by atoms with E-state index >= 15 is 0 Å². The van der Waals surface area contributed by atoms with Gasteiger partial charge in [0, 0.05) is 6.54 Å². The van der Waals surface area contributed by atoms with Crippen molar-refractivity contribution in [3.05, 3.63) is 0 Å². The molecule has 2 N–H and O–H groups in total. The molecule has 0 spiro atoms. The van der Waals surface area contributed by atoms with Gasteiger partial charge in [0.25, 0.3) is 0 Å². The maximum atomic E-state index is 12.1. The Balaban J connectivity index is 4.55. The van der Waals surface area contributed by atoms with E-state index < -0.39 is 17.7 Å². The first kappa shape index (κ1) is 18.7. The van der Waals surface area contributed by atoms with Gasteiger partial charge in [0.05, 0.1) is 0 Å². The van der Waals surface area contributed by atoms with Crippen LogP contribution in [0.2, 0.25) is 0 Å². The van der Waals surface area contributed by atoms with Gasteiger partial charge in [0.1, 0.15) is 11.6 Å². The highest BCUT2D eigenvalue weighted by Crippen LogP contribution is 2.09. The van der Waals surface area contributed by atoms with Gasteiger partial charge in [-0.2, -0.15) is 0 Å². The number of hydrogen-bond acceptors (Lipinski definition) is 3. The first-order chi connectivity index (χ1) is 9.01. The highest BCUT2D eigenvalue weighted by Gasteiger charge is 2.24. The Kier molecular flexibility index (Phi) is 7.61. The summed E-state index contributed by atoms with van der Waals surface area (Å²) in [5.41, 5.74) is -0.569. The molecular formula is C15H30N2O3. The summed E-state index contributed by atoms with van der Waals surface area (Å²) in [6.07, 6.45) is 0.0336. The first-order valence-electron chi connectivity index (χ1n) is 7.28. The largest absolute Gasteiger partial charge is 0.444 e. The third-order valence-electron chi connectivity index (χ3n) is 2.40. The second-order valence-corrected chi connectivity index (χ2v) is 6.97. The van der Waals surface area contributed by atoms with Crippen molar-refractivity contribution in [2.45, 2.75) is 66.5 Å². The highest BCUT2D eigenvalue weighted by atomic mass is 16.6. The van der Waals surface area contributed by atoms with Gasteiger partial charge in [-0.3, -0.25) is 4.79 Å². The summed E-state index contributed by atoms with van der Waals surface area (Å²) in [7, 11) is 0. The van der Waals surface area contributed by atoms with Gasteiger partial charge in [-0.05, 0) is 39.0 Å². The third kappa shape index (κ3) is 9.64. The summed E-state index contributed by atoms with van der Waals surface area (Å²) in [5, 5.41) is 5.50. The number of rotatable bonds is 6. The van der Waals surface area contributed by atoms with E-state index in [0.717, 1.165) is 0 Å². The smallest absolute Gasteiger partial charge is 0.408 e. The maximum absolute atomic E-state index is 12.1. The van der Waals surface area contributed by atoms with Gasteiger partial charge in [-0.25, -0.2) is 4.79 Å². The molecule has 5 nitrogen and oxygen atoms in total. The molecular weight excluding hydrogens is 256 g/mol. The lowest BCUT2D eigenvalue weighted by Crippen LogP contribution is -2.49. The van der Waals surface area contributed by atoms with E-state index in [2.05, 4.69) is 10.6 Å². The Labute approximate surface area is 122 Å². The SMILES string of the molecule is CC(C)CNC(=O)C(CC(C)C)NC(=O)OC(C)(C)C. The Morgan fingerprint density at radius 2 is 1.60 bits per heavy atom. The summed E-state index contributed by atoms with van der Waals surface area (Å²) in [5.74, 6) is 0.526. The van der Waals surface area contributed by atoms with Crippen LogP contribution in [0.25, 0.3) is 0 Å². The third-order valence-corrected chi connectivity index (χ3v) is 2.40. The molecule has 0 aromatic heterocycles. The quantitative estimate of drug-likeness (QED) is 0.789. The van der Waals surface area contributed by atoms with Crippen molar-refractivity contribution >= 4 is 12.0 Å². The standard InChI is InChI=1S/C15H30N2O3/c1-10(2)8-12(13(18)16-9-11(3)4)17-14(19)20-15(5,6)7/h10-12H,8-9H2,1-7H3,(H,16,18)(H,17,19). The van der Waals surface area contributed by atoms with Gasteiger partial charge < -0.3 is 15.4 Å². The molecule has 1 unspecified atom stereocenters. The van der Waals surface area contributed by atoms with Crippen molar-refractivity contribution in [2.24, 2.45) is 11.8 Å². The molecule has 0 saturated heterocycles. The van der Waals surface area contributed by atoms with E-state index in [-0.39, 0.29) is 5.91 Å². The minimum atomic E-state index is -0.569. The summed E-state index contributed by atoms with van der Waals surface area (Å²) < 4.78 is 5.20. The van der Waals surface area contributed by atoms with Gasteiger partial charge in [-0.1, -0.05) is 27.7 Å². The van der Waals surface area contributed by atoms with Gasteiger partial charge in [0.2, 0.25) is 5.91 Å². The number of nitrogens with one attached hydrogen (secondary N) is 2. The van der Waals surface area contributed by atoms with Crippen LogP contribution in [0.5, 0.6) is 0 Å². The van der Waals surface area contributed by atoms with E-state index in [9.17, 15) is 9.59 Å². The molecule has 0 aromatic carbocycles. The molecule has 0 heterocycles. The van der Waals surface area contributed by atoms with Gasteiger partial charge >= 0.3 is 6.09 Å². The Bertz CT molecular complexity index is 320. The minimum absolute atomic E-state index is 0.154. The van der Waals surface area contributed by atoms with Crippen molar-refractivity contribution in [3.8, 4) is 0 Å². The number of carbonyl (C=O) groups excluding carboxylic acids is 2. The molecule has 0 aliphatic heterocycles. The fraction of sp³-hybridized carbons (Fsp3) is 0.867. The number of amides is 2. The molecule has 0 radical (unpaired) electrons. The average molecular weight is 286 g/mol. The molecule has 0 rings (SSSR count). The predicted molar refractivity (Wildman–Crippen MR) is 80.5 cm³/mol. The molecule has 0 aromatic rings. The zero-order chi connectivity index (χ0) is 15.9. The molecule has 5 heteroatoms. The van der Waals surface area contributed by atoms with Gasteiger partial charge in [-0.15, -0.1) is 0 Å². The van der Waals surface area contributed by atoms with Crippen molar-refractivity contribution in [1.82, 2.24) is 10.6 Å². The van der Waals surface area contributed by atoms with Crippen molar-refractivity contribution in [3.63, 3.8) is 0 Å². The van der Waals surface area contributed by atoms with E-state index in [4.69, 9.17) is 4.74 Å². The molecule has 0 aliphatic rings. The van der Waals surface area contributed by atoms with Crippen LogP contribution < -0.4 is 10.6 Å². The molecule has 0 saturated carbocycles. The molecule has 0 bridgehead atoms. The predicted octanol–water partition coefficient (Wildman–Crippen LogP) is 2.70. The van der Waals surface area contributed by atoms with E-state index in [1.54, 1.807) is 20.8 Å². The number of hydrogen-bond donors (Lipinski definition) is 2. The van der Waals surface area contributed by atoms with Crippen LogP contribution >= 0.6 is 0 Å². The van der Waals surface area contributed by atoms with E-state index in [1.165, 1.54) is 0 Å². The van der Waals surface area contributed by atoms with Gasteiger partial charge in [0.15, 0.2) is 0 Å². The molecule has 118 valence electrons. The summed E-state index contributed by atoms with van der Waals surface area (Å²) in [4.78, 5) is 23.9. The van der Waals surface area contributed by atoms with E-state index in [1.807, 2.05) is 27.7 Å². The lowest BCUT2D eigenvalue weighted by Gasteiger charge is -2.24. The van der Waals surface area contributed by atoms with Crippen molar-refractivity contribution in [1.29, 1.82) is 0 Å². The maximum Gasteiger partial charge on any atom is 0.408 e. The molecule has 2 amide bonds. The number of carbonyl (C=O) groups is 2. The lowest BCUT2D eigenvalue weighted by atomic mass is 10.0. The first-order valence-corrected chi connectivity index (χ1v) is 7.28. The molecule has 20 heavy (non-hydrogen) atoms. The molecule has 0 fully saturated rings. The Morgan fingerprint density at radius 3 is 2.00 bits per heavy atom. The van der Waals surface area contributed by atoms with Crippen molar-refractivity contribution < 1.29 is 14.3 Å². The normalized spacial score (nSPS) is 13.2. The highest BCUT2D eigenvalue weighted by molar-refractivity contribution is 5.85. The van der Waals surface area contributed by atoms with E-state index in [0.29, 0.717) is 24.8 Å². The molecule has 1 atom stereocenters. The Hall–Kier alpha value is -1.26. The topological polar surface area (TPSA) is 67.4 Å². The van der Waals surface area contributed by atoms with Crippen LogP contribution in [0.3, 0.4) is 0 Å². The second kappa shape index (κ2) is 8.12. The summed E-state index contributed by atoms with van der Waals surface area (Å²) in [6, 6.07) is -0.552. The van der Waals surface area contributed by atoms with Crippen molar-refractivity contribution in [2.75, 3.05) is 6.54 Å². The summed E-state index contributed by atoms with van der Waals surface area (Å²) in [6.45, 7) is 14.1. The number of alkyl carbamates (subject to hydrolysis) is 1.